The first-order valence-electron chi connectivity index (χ1n) is 5.87. The molecule has 98 valence electrons. The Bertz CT molecular complexity index is 460. The summed E-state index contributed by atoms with van der Waals surface area (Å²) in [5.74, 6) is 0.0527. The van der Waals surface area contributed by atoms with Crippen molar-refractivity contribution in [2.45, 2.75) is 25.7 Å². The maximum Gasteiger partial charge on any atom is 0.225 e. The van der Waals surface area contributed by atoms with Crippen LogP contribution in [0, 0.1) is 0 Å². The Morgan fingerprint density at radius 1 is 1.33 bits per heavy atom. The topological polar surface area (TPSA) is 72.2 Å². The van der Waals surface area contributed by atoms with Crippen LogP contribution in [0.5, 0.6) is 0 Å². The maximum atomic E-state index is 11.7. The molecule has 0 saturated carbocycles. The molecule has 0 atom stereocenters. The molecular formula is C13H17ClN2O2. The van der Waals surface area contributed by atoms with Crippen molar-refractivity contribution in [3.8, 4) is 0 Å². The van der Waals surface area contributed by atoms with Gasteiger partial charge in [-0.2, -0.15) is 0 Å². The third-order valence-electron chi connectivity index (χ3n) is 2.92. The minimum Gasteiger partial charge on any atom is -0.330 e. The van der Waals surface area contributed by atoms with Crippen LogP contribution in [0.4, 0.5) is 5.69 Å². The minimum absolute atomic E-state index is 0. The van der Waals surface area contributed by atoms with Gasteiger partial charge in [0, 0.05) is 30.6 Å². The SMILES string of the molecule is Cl.NCCC(=O)Nc1ccc2c(c1)C(=O)CCC2. The molecule has 1 aromatic rings. The molecule has 1 amide bonds. The third kappa shape index (κ3) is 3.31. The number of amides is 1. The van der Waals surface area contributed by atoms with Crippen LogP contribution in [0.15, 0.2) is 18.2 Å². The first-order valence-corrected chi connectivity index (χ1v) is 5.87. The number of anilines is 1. The average molecular weight is 269 g/mol. The van der Waals surface area contributed by atoms with E-state index >= 15 is 0 Å². The zero-order chi connectivity index (χ0) is 12.3. The Morgan fingerprint density at radius 3 is 2.83 bits per heavy atom. The molecule has 1 aliphatic carbocycles. The highest BCUT2D eigenvalue weighted by molar-refractivity contribution is 6.00. The number of fused-ring (bicyclic) bond motifs is 1. The van der Waals surface area contributed by atoms with Crippen LogP contribution in [0.3, 0.4) is 0 Å². The van der Waals surface area contributed by atoms with Gasteiger partial charge in [-0.3, -0.25) is 9.59 Å². The van der Waals surface area contributed by atoms with Gasteiger partial charge in [-0.05, 0) is 30.5 Å². The first kappa shape index (κ1) is 14.7. The zero-order valence-corrected chi connectivity index (χ0v) is 10.9. The highest BCUT2D eigenvalue weighted by Gasteiger charge is 2.17. The van der Waals surface area contributed by atoms with Crippen LogP contribution >= 0.6 is 12.4 Å². The number of carbonyl (C=O) groups excluding carboxylic acids is 2. The summed E-state index contributed by atoms with van der Waals surface area (Å²) in [5.41, 5.74) is 7.81. The van der Waals surface area contributed by atoms with Crippen LogP contribution in [-0.2, 0) is 11.2 Å². The van der Waals surface area contributed by atoms with Crippen molar-refractivity contribution < 1.29 is 9.59 Å². The van der Waals surface area contributed by atoms with Crippen molar-refractivity contribution >= 4 is 29.8 Å². The Balaban J connectivity index is 0.00000162. The van der Waals surface area contributed by atoms with E-state index < -0.39 is 0 Å². The van der Waals surface area contributed by atoms with E-state index in [4.69, 9.17) is 5.73 Å². The highest BCUT2D eigenvalue weighted by Crippen LogP contribution is 2.24. The smallest absolute Gasteiger partial charge is 0.225 e. The largest absolute Gasteiger partial charge is 0.330 e. The van der Waals surface area contributed by atoms with Gasteiger partial charge >= 0.3 is 0 Å². The summed E-state index contributed by atoms with van der Waals surface area (Å²) >= 11 is 0. The monoisotopic (exact) mass is 268 g/mol. The minimum atomic E-state index is -0.115. The van der Waals surface area contributed by atoms with Gasteiger partial charge in [0.05, 0.1) is 0 Å². The van der Waals surface area contributed by atoms with Crippen LogP contribution < -0.4 is 11.1 Å². The van der Waals surface area contributed by atoms with E-state index in [1.807, 2.05) is 12.1 Å². The van der Waals surface area contributed by atoms with Crippen molar-refractivity contribution in [1.82, 2.24) is 0 Å². The summed E-state index contributed by atoms with van der Waals surface area (Å²) in [4.78, 5) is 23.1. The molecular weight excluding hydrogens is 252 g/mol. The molecule has 0 saturated heterocycles. The number of Topliss-reactive ketones (excluding diaryl/α,β-unsaturated/α-hetero) is 1. The van der Waals surface area contributed by atoms with Crippen LogP contribution in [0.1, 0.15) is 35.2 Å². The molecule has 1 aliphatic rings. The second-order valence-corrected chi connectivity index (χ2v) is 4.24. The second-order valence-electron chi connectivity index (χ2n) is 4.24. The van der Waals surface area contributed by atoms with Crippen LogP contribution in [0.2, 0.25) is 0 Å². The van der Waals surface area contributed by atoms with Crippen molar-refractivity contribution in [3.63, 3.8) is 0 Å². The van der Waals surface area contributed by atoms with E-state index in [0.717, 1.165) is 24.0 Å². The van der Waals surface area contributed by atoms with Gasteiger partial charge in [0.1, 0.15) is 0 Å². The number of halogens is 1. The highest BCUT2D eigenvalue weighted by atomic mass is 35.5. The number of benzene rings is 1. The molecule has 0 radical (unpaired) electrons. The maximum absolute atomic E-state index is 11.7. The fourth-order valence-electron chi connectivity index (χ4n) is 2.06. The quantitative estimate of drug-likeness (QED) is 0.880. The fraction of sp³-hybridized carbons (Fsp3) is 0.385. The van der Waals surface area contributed by atoms with E-state index in [9.17, 15) is 9.59 Å². The van der Waals surface area contributed by atoms with Gasteiger partial charge in [0.2, 0.25) is 5.91 Å². The van der Waals surface area contributed by atoms with Gasteiger partial charge < -0.3 is 11.1 Å². The Morgan fingerprint density at radius 2 is 2.11 bits per heavy atom. The number of carbonyl (C=O) groups is 2. The van der Waals surface area contributed by atoms with Gasteiger partial charge in [-0.1, -0.05) is 6.07 Å². The summed E-state index contributed by atoms with van der Waals surface area (Å²) in [6, 6.07) is 5.53. The van der Waals surface area contributed by atoms with Crippen LogP contribution in [0.25, 0.3) is 0 Å². The average Bonchev–Trinajstić information content (AvgIpc) is 2.30. The Hall–Kier alpha value is -1.39. The van der Waals surface area contributed by atoms with E-state index in [0.29, 0.717) is 25.1 Å². The molecule has 0 fully saturated rings. The standard InChI is InChI=1S/C13H16N2O2.ClH/c14-7-6-13(17)15-10-5-4-9-2-1-3-12(16)11(9)8-10;/h4-5,8H,1-3,6-7,14H2,(H,15,17);1H. The number of aryl methyl sites for hydroxylation is 1. The van der Waals surface area contributed by atoms with E-state index in [-0.39, 0.29) is 24.1 Å². The summed E-state index contributed by atoms with van der Waals surface area (Å²) in [7, 11) is 0. The fourth-order valence-corrected chi connectivity index (χ4v) is 2.06. The van der Waals surface area contributed by atoms with Crippen molar-refractivity contribution in [3.05, 3.63) is 29.3 Å². The lowest BCUT2D eigenvalue weighted by Crippen LogP contribution is -2.17. The molecule has 0 aromatic heterocycles. The molecule has 0 aliphatic heterocycles. The number of hydrogen-bond acceptors (Lipinski definition) is 3. The lowest BCUT2D eigenvalue weighted by atomic mass is 9.90. The number of nitrogens with one attached hydrogen (secondary N) is 1. The van der Waals surface area contributed by atoms with Gasteiger partial charge in [0.15, 0.2) is 5.78 Å². The van der Waals surface area contributed by atoms with Crippen molar-refractivity contribution in [2.75, 3.05) is 11.9 Å². The van der Waals surface area contributed by atoms with E-state index in [1.54, 1.807) is 6.07 Å². The van der Waals surface area contributed by atoms with Gasteiger partial charge in [-0.15, -0.1) is 12.4 Å². The molecule has 0 heterocycles. The second kappa shape index (κ2) is 6.52. The number of rotatable bonds is 3. The predicted molar refractivity (Wildman–Crippen MR) is 73.3 cm³/mol. The molecule has 1 aromatic carbocycles. The molecule has 2 rings (SSSR count). The predicted octanol–water partition coefficient (Wildman–Crippen LogP) is 1.91. The van der Waals surface area contributed by atoms with Crippen LogP contribution in [-0.4, -0.2) is 18.2 Å². The van der Waals surface area contributed by atoms with E-state index in [1.165, 1.54) is 0 Å². The van der Waals surface area contributed by atoms with E-state index in [2.05, 4.69) is 5.32 Å². The van der Waals surface area contributed by atoms with Crippen molar-refractivity contribution in [1.29, 1.82) is 0 Å². The summed E-state index contributed by atoms with van der Waals surface area (Å²) in [6.07, 6.45) is 2.76. The lowest BCUT2D eigenvalue weighted by Gasteiger charge is -2.15. The number of nitrogens with two attached hydrogens (primary N) is 1. The lowest BCUT2D eigenvalue weighted by molar-refractivity contribution is -0.116. The van der Waals surface area contributed by atoms with Gasteiger partial charge in [0.25, 0.3) is 0 Å². The third-order valence-corrected chi connectivity index (χ3v) is 2.92. The molecule has 0 unspecified atom stereocenters. The molecule has 3 N–H and O–H groups in total. The Labute approximate surface area is 112 Å². The molecule has 4 nitrogen and oxygen atoms in total. The molecule has 18 heavy (non-hydrogen) atoms. The zero-order valence-electron chi connectivity index (χ0n) is 10.1. The van der Waals surface area contributed by atoms with Gasteiger partial charge in [-0.25, -0.2) is 0 Å². The molecule has 5 heteroatoms. The molecule has 0 bridgehead atoms. The Kier molecular flexibility index (Phi) is 5.31. The summed E-state index contributed by atoms with van der Waals surface area (Å²) in [6.45, 7) is 0.329. The normalized spacial score (nSPS) is 13.5. The summed E-state index contributed by atoms with van der Waals surface area (Å²) < 4.78 is 0. The van der Waals surface area contributed by atoms with Crippen molar-refractivity contribution in [2.24, 2.45) is 5.73 Å². The number of ketones is 1. The number of hydrogen-bond donors (Lipinski definition) is 2. The first-order chi connectivity index (χ1) is 8.20. The molecule has 0 spiro atoms. The summed E-state index contributed by atoms with van der Waals surface area (Å²) in [5, 5.41) is 2.74.